The maximum Gasteiger partial charge on any atom is 0.251 e. The Balaban J connectivity index is 1.50. The van der Waals surface area contributed by atoms with Crippen LogP contribution in [0.3, 0.4) is 0 Å². The van der Waals surface area contributed by atoms with Crippen molar-refractivity contribution >= 4 is 17.7 Å². The number of hydrogen-bond donors (Lipinski definition) is 3. The molecule has 3 aliphatic carbocycles. The molecule has 4 fully saturated rings. The van der Waals surface area contributed by atoms with Crippen LogP contribution in [0.15, 0.2) is 0 Å². The first kappa shape index (κ1) is 28.4. The summed E-state index contributed by atoms with van der Waals surface area (Å²) >= 11 is 0. The van der Waals surface area contributed by atoms with Gasteiger partial charge in [-0.3, -0.25) is 14.4 Å². The quantitative estimate of drug-likeness (QED) is 0.376. The summed E-state index contributed by atoms with van der Waals surface area (Å²) in [5, 5.41) is 14.4. The number of rotatable bonds is 11. The molecule has 0 aromatic carbocycles. The summed E-state index contributed by atoms with van der Waals surface area (Å²) in [5.74, 6) is -0.0581. The van der Waals surface area contributed by atoms with Gasteiger partial charge in [0.05, 0.1) is 6.04 Å². The summed E-state index contributed by atoms with van der Waals surface area (Å²) in [6.07, 6.45) is 15.5. The highest BCUT2D eigenvalue weighted by atomic mass is 16.3. The number of amides is 3. The standard InChI is InChI=1S/C30H51N3O4/c1-4-10-25(30(37,28(31)36)22-15-16-22)32-27(35)24-17-21-13-8-9-14-23(21)33(24)26(34)19-29(2,3)18-20-11-6-5-7-12-20/h20-25,37H,4-19H2,1-3H3,(H2,31,36)(H,32,35). The lowest BCUT2D eigenvalue weighted by Gasteiger charge is -2.38. The van der Waals surface area contributed by atoms with Gasteiger partial charge in [-0.2, -0.15) is 0 Å². The van der Waals surface area contributed by atoms with Gasteiger partial charge in [-0.1, -0.05) is 72.1 Å². The number of aliphatic hydroxyl groups is 1. The summed E-state index contributed by atoms with van der Waals surface area (Å²) in [6.45, 7) is 6.40. The van der Waals surface area contributed by atoms with Gasteiger partial charge in [0.2, 0.25) is 11.8 Å². The molecule has 0 radical (unpaired) electrons. The van der Waals surface area contributed by atoms with Crippen LogP contribution in [0.2, 0.25) is 0 Å². The normalized spacial score (nSPS) is 29.3. The van der Waals surface area contributed by atoms with E-state index in [0.29, 0.717) is 37.5 Å². The van der Waals surface area contributed by atoms with Crippen LogP contribution in [-0.4, -0.2) is 51.5 Å². The Kier molecular flexibility index (Phi) is 8.92. The number of nitrogens with two attached hydrogens (primary N) is 1. The van der Waals surface area contributed by atoms with E-state index < -0.39 is 23.6 Å². The predicted molar refractivity (Wildman–Crippen MR) is 144 cm³/mol. The Morgan fingerprint density at radius 2 is 1.65 bits per heavy atom. The SMILES string of the molecule is CCCC(NC(=O)C1CC2CCCCC2N1C(=O)CC(C)(C)CC1CCCCC1)C(O)(C(N)=O)C1CC1. The van der Waals surface area contributed by atoms with Crippen molar-refractivity contribution in [3.63, 3.8) is 0 Å². The Morgan fingerprint density at radius 1 is 1.00 bits per heavy atom. The smallest absolute Gasteiger partial charge is 0.251 e. The van der Waals surface area contributed by atoms with E-state index in [9.17, 15) is 19.5 Å². The fourth-order valence-electron chi connectivity index (χ4n) is 7.94. The average Bonchev–Trinajstić information content (AvgIpc) is 3.63. The number of hydrogen-bond acceptors (Lipinski definition) is 4. The Labute approximate surface area is 223 Å². The van der Waals surface area contributed by atoms with Gasteiger partial charge in [0.1, 0.15) is 6.04 Å². The summed E-state index contributed by atoms with van der Waals surface area (Å²) in [7, 11) is 0. The molecule has 5 unspecified atom stereocenters. The largest absolute Gasteiger partial charge is 0.378 e. The minimum Gasteiger partial charge on any atom is -0.378 e. The molecule has 1 saturated heterocycles. The second-order valence-corrected chi connectivity index (χ2v) is 13.5. The van der Waals surface area contributed by atoms with Crippen molar-refractivity contribution in [1.82, 2.24) is 10.2 Å². The van der Waals surface area contributed by atoms with Crippen LogP contribution >= 0.6 is 0 Å². The maximum atomic E-state index is 13.9. The van der Waals surface area contributed by atoms with Gasteiger partial charge in [-0.25, -0.2) is 0 Å². The summed E-state index contributed by atoms with van der Waals surface area (Å²) in [4.78, 5) is 42.0. The Bertz CT molecular complexity index is 835. The third kappa shape index (κ3) is 6.34. The number of nitrogens with zero attached hydrogens (tertiary/aromatic N) is 1. The zero-order valence-corrected chi connectivity index (χ0v) is 23.5. The number of fused-ring (bicyclic) bond motifs is 1. The van der Waals surface area contributed by atoms with Gasteiger partial charge < -0.3 is 21.1 Å². The monoisotopic (exact) mass is 517 g/mol. The van der Waals surface area contributed by atoms with Gasteiger partial charge in [-0.15, -0.1) is 0 Å². The van der Waals surface area contributed by atoms with E-state index in [1.807, 2.05) is 11.8 Å². The highest BCUT2D eigenvalue weighted by Crippen LogP contribution is 2.44. The van der Waals surface area contributed by atoms with E-state index >= 15 is 0 Å². The molecular formula is C30H51N3O4. The Hall–Kier alpha value is -1.63. The van der Waals surface area contributed by atoms with Crippen LogP contribution in [0.25, 0.3) is 0 Å². The topological polar surface area (TPSA) is 113 Å². The molecule has 37 heavy (non-hydrogen) atoms. The third-order valence-electron chi connectivity index (χ3n) is 9.89. The molecule has 0 bridgehead atoms. The molecule has 0 aromatic heterocycles. The van der Waals surface area contributed by atoms with Crippen molar-refractivity contribution in [2.24, 2.45) is 28.9 Å². The van der Waals surface area contributed by atoms with E-state index in [-0.39, 0.29) is 29.2 Å². The first-order valence-electron chi connectivity index (χ1n) is 15.2. The van der Waals surface area contributed by atoms with Crippen LogP contribution in [0.5, 0.6) is 0 Å². The van der Waals surface area contributed by atoms with Gasteiger partial charge >= 0.3 is 0 Å². The Morgan fingerprint density at radius 3 is 2.27 bits per heavy atom. The number of nitrogens with one attached hydrogen (secondary N) is 1. The lowest BCUT2D eigenvalue weighted by atomic mass is 9.74. The second kappa shape index (κ2) is 11.6. The first-order chi connectivity index (χ1) is 17.6. The van der Waals surface area contributed by atoms with Gasteiger partial charge in [0.25, 0.3) is 5.91 Å². The highest BCUT2D eigenvalue weighted by molar-refractivity contribution is 5.91. The van der Waals surface area contributed by atoms with E-state index in [1.54, 1.807) is 0 Å². The van der Waals surface area contributed by atoms with Crippen LogP contribution in [-0.2, 0) is 14.4 Å². The van der Waals surface area contributed by atoms with Crippen molar-refractivity contribution in [2.45, 2.75) is 147 Å². The summed E-state index contributed by atoms with van der Waals surface area (Å²) in [6, 6.07) is -1.15. The molecule has 0 spiro atoms. The molecule has 0 aromatic rings. The van der Waals surface area contributed by atoms with Crippen molar-refractivity contribution in [3.8, 4) is 0 Å². The van der Waals surface area contributed by atoms with Crippen LogP contribution in [0.1, 0.15) is 124 Å². The lowest BCUT2D eigenvalue weighted by Crippen LogP contribution is -2.63. The fraction of sp³-hybridized carbons (Fsp3) is 0.900. The van der Waals surface area contributed by atoms with Crippen LogP contribution in [0.4, 0.5) is 0 Å². The molecule has 5 atom stereocenters. The number of carbonyl (C=O) groups is 3. The zero-order valence-electron chi connectivity index (χ0n) is 23.5. The van der Waals surface area contributed by atoms with Crippen molar-refractivity contribution in [3.05, 3.63) is 0 Å². The molecule has 4 N–H and O–H groups in total. The molecule has 1 aliphatic heterocycles. The fourth-order valence-corrected chi connectivity index (χ4v) is 7.94. The lowest BCUT2D eigenvalue weighted by molar-refractivity contribution is -0.148. The minimum atomic E-state index is -1.73. The molecule has 4 aliphatic rings. The van der Waals surface area contributed by atoms with Crippen LogP contribution < -0.4 is 11.1 Å². The molecular weight excluding hydrogens is 466 g/mol. The van der Waals surface area contributed by atoms with E-state index in [4.69, 9.17) is 5.73 Å². The number of primary amides is 1. The maximum absolute atomic E-state index is 13.9. The summed E-state index contributed by atoms with van der Waals surface area (Å²) in [5.41, 5.74) is 3.85. The van der Waals surface area contributed by atoms with Gasteiger partial charge in [0.15, 0.2) is 5.60 Å². The molecule has 3 saturated carbocycles. The predicted octanol–water partition coefficient (Wildman–Crippen LogP) is 4.44. The van der Waals surface area contributed by atoms with Crippen molar-refractivity contribution in [1.29, 1.82) is 0 Å². The molecule has 3 amide bonds. The summed E-state index contributed by atoms with van der Waals surface area (Å²) < 4.78 is 0. The second-order valence-electron chi connectivity index (χ2n) is 13.5. The molecule has 1 heterocycles. The van der Waals surface area contributed by atoms with Gasteiger partial charge in [0, 0.05) is 12.5 Å². The van der Waals surface area contributed by atoms with E-state index in [0.717, 1.165) is 44.9 Å². The minimum absolute atomic E-state index is 0.0924. The van der Waals surface area contributed by atoms with Gasteiger partial charge in [-0.05, 0) is 68.1 Å². The molecule has 210 valence electrons. The van der Waals surface area contributed by atoms with Crippen molar-refractivity contribution < 1.29 is 19.5 Å². The molecule has 7 nitrogen and oxygen atoms in total. The van der Waals surface area contributed by atoms with Crippen LogP contribution in [0, 0.1) is 23.2 Å². The van der Waals surface area contributed by atoms with Crippen molar-refractivity contribution in [2.75, 3.05) is 0 Å². The third-order valence-corrected chi connectivity index (χ3v) is 9.89. The molecule has 4 rings (SSSR count). The molecule has 7 heteroatoms. The first-order valence-corrected chi connectivity index (χ1v) is 15.2. The van der Waals surface area contributed by atoms with E-state index in [1.165, 1.54) is 32.1 Å². The highest BCUT2D eigenvalue weighted by Gasteiger charge is 2.55. The zero-order chi connectivity index (χ0) is 26.8. The van der Waals surface area contributed by atoms with E-state index in [2.05, 4.69) is 19.2 Å². The number of carbonyl (C=O) groups excluding carboxylic acids is 3. The number of likely N-dealkylation sites (tertiary alicyclic amines) is 1. The average molecular weight is 518 g/mol.